The molecule has 11 rings (SSSR count). The predicted octanol–water partition coefficient (Wildman–Crippen LogP) is 7.93. The summed E-state index contributed by atoms with van der Waals surface area (Å²) in [5.41, 5.74) is 2.24. The summed E-state index contributed by atoms with van der Waals surface area (Å²) in [5, 5.41) is 23.3. The van der Waals surface area contributed by atoms with Gasteiger partial charge in [0.15, 0.2) is 17.2 Å². The number of hydrogen-bond donors (Lipinski definition) is 4. The maximum Gasteiger partial charge on any atom is 0.329 e. The van der Waals surface area contributed by atoms with Crippen LogP contribution in [0.15, 0.2) is 60.8 Å². The minimum Gasteiger partial charge on any atom is -0.480 e. The molecule has 4 N–H and O–H groups in total. The lowest BCUT2D eigenvalue weighted by Gasteiger charge is -2.56. The number of aromatic nitrogens is 3. The second kappa shape index (κ2) is 21.0. The van der Waals surface area contributed by atoms with Crippen LogP contribution >= 0.6 is 11.6 Å². The van der Waals surface area contributed by atoms with E-state index >= 15 is 8.78 Å². The number of pyridine rings is 1. The Morgan fingerprint density at radius 3 is 2.39 bits per heavy atom. The van der Waals surface area contributed by atoms with Crippen molar-refractivity contribution in [3.05, 3.63) is 99.7 Å². The molecule has 5 aromatic rings. The Morgan fingerprint density at radius 1 is 0.961 bits per heavy atom. The molecule has 3 aromatic carbocycles. The number of ether oxygens (including phenoxy) is 2. The van der Waals surface area contributed by atoms with E-state index in [1.165, 1.54) is 31.5 Å². The summed E-state index contributed by atoms with van der Waals surface area (Å²) >= 11 is 6.78. The number of likely N-dealkylation sites (tertiary alicyclic amines) is 2. The Balaban J connectivity index is 0.685. The zero-order valence-corrected chi connectivity index (χ0v) is 44.1. The van der Waals surface area contributed by atoms with Crippen molar-refractivity contribution in [2.24, 2.45) is 18.4 Å². The number of aliphatic hydroxyl groups is 1. The number of fused-ring (bicyclic) bond motifs is 2. The molecule has 2 aromatic heterocycles. The molecular formula is C57H66ClF2N9O7. The summed E-state index contributed by atoms with van der Waals surface area (Å²) in [6.07, 6.45) is 11.2. The lowest BCUT2D eigenvalue weighted by Crippen LogP contribution is -2.57. The maximum atomic E-state index is 16.6. The number of aliphatic hydroxyl groups excluding tert-OH is 1. The third-order valence-corrected chi connectivity index (χ3v) is 18.2. The molecule has 0 radical (unpaired) electrons. The number of carbonyl (C=O) groups excluding carboxylic acids is 4. The number of imide groups is 1. The van der Waals surface area contributed by atoms with Crippen molar-refractivity contribution >= 4 is 52.1 Å². The van der Waals surface area contributed by atoms with Gasteiger partial charge in [0.05, 0.1) is 22.7 Å². The zero-order chi connectivity index (χ0) is 53.0. The van der Waals surface area contributed by atoms with Crippen LogP contribution in [-0.2, 0) is 22.2 Å². The van der Waals surface area contributed by atoms with Gasteiger partial charge in [-0.25, -0.2) is 18.6 Å². The second-order valence-electron chi connectivity index (χ2n) is 22.0. The molecular weight excluding hydrogens is 996 g/mol. The Labute approximate surface area is 445 Å². The first-order valence-corrected chi connectivity index (χ1v) is 27.3. The Kier molecular flexibility index (Phi) is 14.3. The van der Waals surface area contributed by atoms with E-state index < -0.39 is 47.6 Å². The SMILES string of the molecule is CNC(=O)c1cnc(OCCO)c(F)c1-c1c(Cl)c(F)cc2c1C(C)C(CNC1CCC(C(=O)N3CCC4(CC3)CC(N3CCC(c5ccc6c(N7CCC(=O)NC7=O)nn(C)c6c5)CC3)C4)CC1)(c1ccccc1)O2. The number of aryl methyl sites for hydroxylation is 1. The monoisotopic (exact) mass is 1060 g/mol. The quantitative estimate of drug-likeness (QED) is 0.0899. The van der Waals surface area contributed by atoms with Crippen LogP contribution in [0.25, 0.3) is 22.0 Å². The Morgan fingerprint density at radius 2 is 1.70 bits per heavy atom. The zero-order valence-electron chi connectivity index (χ0n) is 43.3. The largest absolute Gasteiger partial charge is 0.480 e. The van der Waals surface area contributed by atoms with Crippen molar-refractivity contribution in [1.29, 1.82) is 0 Å². The third-order valence-electron chi connectivity index (χ3n) is 17.8. The van der Waals surface area contributed by atoms with Gasteiger partial charge in [-0.05, 0) is 112 Å². The number of urea groups is 1. The van der Waals surface area contributed by atoms with Crippen LogP contribution in [0.1, 0.15) is 116 Å². The number of hydrogen-bond acceptors (Lipinski definition) is 11. The molecule has 76 heavy (non-hydrogen) atoms. The smallest absolute Gasteiger partial charge is 0.329 e. The van der Waals surface area contributed by atoms with Gasteiger partial charge in [0.1, 0.15) is 18.2 Å². The van der Waals surface area contributed by atoms with E-state index in [1.807, 2.05) is 49.0 Å². The summed E-state index contributed by atoms with van der Waals surface area (Å²) in [6, 6.07) is 17.5. The molecule has 5 fully saturated rings. The lowest BCUT2D eigenvalue weighted by atomic mass is 9.59. The fraction of sp³-hybridized carbons (Fsp3) is 0.509. The highest BCUT2D eigenvalue weighted by molar-refractivity contribution is 6.34. The van der Waals surface area contributed by atoms with E-state index in [0.29, 0.717) is 41.8 Å². The van der Waals surface area contributed by atoms with E-state index in [9.17, 15) is 24.3 Å². The molecule has 6 heterocycles. The highest BCUT2D eigenvalue weighted by Gasteiger charge is 2.52. The van der Waals surface area contributed by atoms with E-state index in [4.69, 9.17) is 21.1 Å². The predicted molar refractivity (Wildman–Crippen MR) is 283 cm³/mol. The second-order valence-corrected chi connectivity index (χ2v) is 22.3. The molecule has 3 saturated heterocycles. The maximum absolute atomic E-state index is 16.6. The molecule has 6 aliphatic rings. The van der Waals surface area contributed by atoms with Crippen LogP contribution in [0.3, 0.4) is 0 Å². The minimum absolute atomic E-state index is 0.0349. The molecule has 2 atom stereocenters. The van der Waals surface area contributed by atoms with Gasteiger partial charge in [0.25, 0.3) is 11.8 Å². The highest BCUT2D eigenvalue weighted by Crippen LogP contribution is 2.57. The van der Waals surface area contributed by atoms with Crippen molar-refractivity contribution in [3.63, 3.8) is 0 Å². The number of halogens is 3. The fourth-order valence-electron chi connectivity index (χ4n) is 13.5. The van der Waals surface area contributed by atoms with Gasteiger partial charge < -0.3 is 35.0 Å². The summed E-state index contributed by atoms with van der Waals surface area (Å²) in [5.74, 6) is -2.38. The lowest BCUT2D eigenvalue weighted by molar-refractivity contribution is -0.141. The molecule has 402 valence electrons. The standard InChI is InChI=1S/C57H66ClF2N9O7/c1-33-46-44(28-42(59)49(58)48(46)47-41(52(72)61-2)31-62-53(50(47)60)75-26-25-70)76-57(33,37-7-5-4-6-8-37)32-63-38-12-9-35(10-13-38)54(73)68-23-18-56(19-24-68)29-39(30-56)67-20-15-34(16-21-67)36-11-14-40-43(27-36)66(3)65-51(40)69-22-17-45(71)64-55(69)74/h4-8,11,14,27-28,31,33-35,38-39,63,70H,9-10,12-13,15-26,29-30,32H2,1-3H3,(H,61,72)(H,64,71,74). The van der Waals surface area contributed by atoms with Crippen molar-refractivity contribution < 1.29 is 42.5 Å². The number of carbonyl (C=O) groups is 4. The molecule has 19 heteroatoms. The third kappa shape index (κ3) is 9.36. The molecule has 0 bridgehead atoms. The van der Waals surface area contributed by atoms with Crippen LogP contribution in [0.4, 0.5) is 19.4 Å². The van der Waals surface area contributed by atoms with Gasteiger partial charge >= 0.3 is 6.03 Å². The Bertz CT molecular complexity index is 3060. The van der Waals surface area contributed by atoms with Gasteiger partial charge in [-0.1, -0.05) is 54.9 Å². The number of nitrogens with one attached hydrogen (secondary N) is 3. The van der Waals surface area contributed by atoms with E-state index in [-0.39, 0.29) is 64.3 Å². The van der Waals surface area contributed by atoms with Crippen LogP contribution in [0.2, 0.25) is 5.02 Å². The molecule has 4 aliphatic heterocycles. The number of anilines is 1. The van der Waals surface area contributed by atoms with Gasteiger partial charge in [-0.15, -0.1) is 0 Å². The van der Waals surface area contributed by atoms with Gasteiger partial charge in [0, 0.05) is 105 Å². The van der Waals surface area contributed by atoms with Crippen LogP contribution < -0.4 is 30.3 Å². The average molecular weight is 1060 g/mol. The van der Waals surface area contributed by atoms with Crippen molar-refractivity contribution in [3.8, 4) is 22.8 Å². The van der Waals surface area contributed by atoms with Crippen LogP contribution in [-0.4, -0.2) is 125 Å². The van der Waals surface area contributed by atoms with Crippen LogP contribution in [0.5, 0.6) is 11.6 Å². The summed E-state index contributed by atoms with van der Waals surface area (Å²) in [4.78, 5) is 62.1. The number of nitrogens with zero attached hydrogens (tertiary/aromatic N) is 6. The van der Waals surface area contributed by atoms with Gasteiger partial charge in [0.2, 0.25) is 11.8 Å². The Hall–Kier alpha value is -6.21. The molecule has 2 aliphatic carbocycles. The van der Waals surface area contributed by atoms with Crippen molar-refractivity contribution in [1.82, 2.24) is 40.5 Å². The molecule has 5 amide bonds. The van der Waals surface area contributed by atoms with Gasteiger partial charge in [-0.2, -0.15) is 5.10 Å². The summed E-state index contributed by atoms with van der Waals surface area (Å²) < 4.78 is 46.7. The average Bonchev–Trinajstić information content (AvgIpc) is 3.99. The fourth-order valence-corrected chi connectivity index (χ4v) is 13.7. The molecule has 2 saturated carbocycles. The van der Waals surface area contributed by atoms with E-state index in [0.717, 1.165) is 100 Å². The van der Waals surface area contributed by atoms with Crippen molar-refractivity contribution in [2.45, 2.75) is 107 Å². The molecule has 16 nitrogen and oxygen atoms in total. The van der Waals surface area contributed by atoms with Gasteiger partial charge in [-0.3, -0.25) is 29.3 Å². The first-order valence-electron chi connectivity index (χ1n) is 27.0. The van der Waals surface area contributed by atoms with E-state index in [2.05, 4.69) is 54.0 Å². The number of benzene rings is 3. The minimum atomic E-state index is -1.10. The summed E-state index contributed by atoms with van der Waals surface area (Å²) in [7, 11) is 3.30. The van der Waals surface area contributed by atoms with Crippen molar-refractivity contribution in [2.75, 3.05) is 64.4 Å². The normalized spacial score (nSPS) is 24.1. The molecule has 1 spiro atoms. The number of amides is 5. The number of piperidine rings is 2. The first kappa shape index (κ1) is 51.9. The molecule has 2 unspecified atom stereocenters. The number of rotatable bonds is 13. The van der Waals surface area contributed by atoms with E-state index in [1.54, 1.807) is 4.90 Å². The first-order chi connectivity index (χ1) is 36.7. The van der Waals surface area contributed by atoms with Crippen LogP contribution in [0, 0.1) is 23.0 Å². The topological polar surface area (TPSA) is 183 Å². The summed E-state index contributed by atoms with van der Waals surface area (Å²) in [6.45, 7) is 5.62. The highest BCUT2D eigenvalue weighted by atomic mass is 35.5.